The summed E-state index contributed by atoms with van der Waals surface area (Å²) >= 11 is 0. The Bertz CT molecular complexity index is 165. The van der Waals surface area contributed by atoms with Crippen molar-refractivity contribution in [3.8, 4) is 0 Å². The topological polar surface area (TPSA) is 21.3 Å². The highest BCUT2D eigenvalue weighted by molar-refractivity contribution is 5.06. The lowest BCUT2D eigenvalue weighted by molar-refractivity contribution is 0.213. The fourth-order valence-corrected chi connectivity index (χ4v) is 1.71. The maximum absolute atomic E-state index is 5.54. The van der Waals surface area contributed by atoms with Crippen LogP contribution in [0.15, 0.2) is 11.8 Å². The van der Waals surface area contributed by atoms with Crippen LogP contribution >= 0.6 is 0 Å². The van der Waals surface area contributed by atoms with E-state index in [1.54, 1.807) is 0 Å². The SMILES string of the molecule is CCCCCC(NC)C1=CCCO1. The van der Waals surface area contributed by atoms with Gasteiger partial charge < -0.3 is 10.1 Å². The van der Waals surface area contributed by atoms with Gasteiger partial charge in [0.05, 0.1) is 12.6 Å². The van der Waals surface area contributed by atoms with Gasteiger partial charge in [-0.25, -0.2) is 0 Å². The highest BCUT2D eigenvalue weighted by Gasteiger charge is 2.15. The Labute approximate surface area is 81.4 Å². The minimum absolute atomic E-state index is 0.453. The van der Waals surface area contributed by atoms with E-state index >= 15 is 0 Å². The molecule has 0 aromatic rings. The zero-order valence-electron chi connectivity index (χ0n) is 8.81. The number of unbranched alkanes of at least 4 members (excludes halogenated alkanes) is 2. The van der Waals surface area contributed by atoms with Gasteiger partial charge in [-0.2, -0.15) is 0 Å². The standard InChI is InChI=1S/C11H21NO/c1-3-4-5-7-10(12-2)11-8-6-9-13-11/h8,10,12H,3-7,9H2,1-2H3. The van der Waals surface area contributed by atoms with Crippen LogP contribution in [0.3, 0.4) is 0 Å². The van der Waals surface area contributed by atoms with Gasteiger partial charge >= 0.3 is 0 Å². The van der Waals surface area contributed by atoms with Crippen molar-refractivity contribution in [2.75, 3.05) is 13.7 Å². The molecule has 0 amide bonds. The summed E-state index contributed by atoms with van der Waals surface area (Å²) in [5.74, 6) is 1.17. The fraction of sp³-hybridized carbons (Fsp3) is 0.818. The van der Waals surface area contributed by atoms with E-state index in [4.69, 9.17) is 4.74 Å². The molecule has 0 saturated carbocycles. The zero-order chi connectivity index (χ0) is 9.52. The molecule has 13 heavy (non-hydrogen) atoms. The van der Waals surface area contributed by atoms with Crippen LogP contribution in [0, 0.1) is 0 Å². The van der Waals surface area contributed by atoms with Crippen LogP contribution in [0.2, 0.25) is 0 Å². The first-order valence-corrected chi connectivity index (χ1v) is 5.38. The van der Waals surface area contributed by atoms with E-state index in [9.17, 15) is 0 Å². The zero-order valence-corrected chi connectivity index (χ0v) is 8.81. The quantitative estimate of drug-likeness (QED) is 0.639. The van der Waals surface area contributed by atoms with Gasteiger partial charge in [-0.15, -0.1) is 0 Å². The van der Waals surface area contributed by atoms with E-state index in [1.165, 1.54) is 31.4 Å². The van der Waals surface area contributed by atoms with Crippen molar-refractivity contribution >= 4 is 0 Å². The predicted molar refractivity (Wildman–Crippen MR) is 55.6 cm³/mol. The molecule has 0 aliphatic carbocycles. The maximum Gasteiger partial charge on any atom is 0.109 e. The summed E-state index contributed by atoms with van der Waals surface area (Å²) in [7, 11) is 2.01. The van der Waals surface area contributed by atoms with Crippen molar-refractivity contribution in [2.45, 2.75) is 45.1 Å². The van der Waals surface area contributed by atoms with E-state index in [-0.39, 0.29) is 0 Å². The molecular weight excluding hydrogens is 162 g/mol. The molecule has 0 fully saturated rings. The second kappa shape index (κ2) is 6.03. The van der Waals surface area contributed by atoms with Crippen LogP contribution in [-0.2, 0) is 4.74 Å². The van der Waals surface area contributed by atoms with Gasteiger partial charge in [0.1, 0.15) is 5.76 Å². The average molecular weight is 183 g/mol. The Morgan fingerprint density at radius 3 is 2.92 bits per heavy atom. The highest BCUT2D eigenvalue weighted by Crippen LogP contribution is 2.17. The van der Waals surface area contributed by atoms with Gasteiger partial charge in [0.15, 0.2) is 0 Å². The molecule has 2 heteroatoms. The molecule has 1 atom stereocenters. The smallest absolute Gasteiger partial charge is 0.109 e. The summed E-state index contributed by atoms with van der Waals surface area (Å²) in [5.41, 5.74) is 0. The third-order valence-electron chi connectivity index (χ3n) is 2.52. The third-order valence-corrected chi connectivity index (χ3v) is 2.52. The molecule has 0 saturated heterocycles. The average Bonchev–Trinajstić information content (AvgIpc) is 2.65. The Morgan fingerprint density at radius 1 is 1.54 bits per heavy atom. The van der Waals surface area contributed by atoms with Crippen LogP contribution in [0.1, 0.15) is 39.0 Å². The van der Waals surface area contributed by atoms with Crippen molar-refractivity contribution in [1.82, 2.24) is 5.32 Å². The van der Waals surface area contributed by atoms with Crippen LogP contribution < -0.4 is 5.32 Å². The van der Waals surface area contributed by atoms with E-state index in [2.05, 4.69) is 18.3 Å². The molecule has 1 N–H and O–H groups in total. The van der Waals surface area contributed by atoms with Gasteiger partial charge in [-0.3, -0.25) is 0 Å². The largest absolute Gasteiger partial charge is 0.496 e. The normalized spacial score (nSPS) is 18.2. The molecule has 2 nitrogen and oxygen atoms in total. The Kier molecular flexibility index (Phi) is 4.91. The molecule has 1 aliphatic heterocycles. The monoisotopic (exact) mass is 183 g/mol. The lowest BCUT2D eigenvalue weighted by Gasteiger charge is -2.16. The van der Waals surface area contributed by atoms with Crippen molar-refractivity contribution in [3.63, 3.8) is 0 Å². The van der Waals surface area contributed by atoms with Crippen molar-refractivity contribution < 1.29 is 4.74 Å². The Hall–Kier alpha value is -0.500. The number of hydrogen-bond donors (Lipinski definition) is 1. The van der Waals surface area contributed by atoms with Gasteiger partial charge in [0.2, 0.25) is 0 Å². The Balaban J connectivity index is 2.25. The van der Waals surface area contributed by atoms with E-state index in [0.29, 0.717) is 6.04 Å². The lowest BCUT2D eigenvalue weighted by atomic mass is 10.1. The molecule has 0 spiro atoms. The second-order valence-corrected chi connectivity index (χ2v) is 3.58. The molecule has 0 aromatic carbocycles. The summed E-state index contributed by atoms with van der Waals surface area (Å²) < 4.78 is 5.54. The summed E-state index contributed by atoms with van der Waals surface area (Å²) in [6.45, 7) is 3.11. The molecule has 1 rings (SSSR count). The van der Waals surface area contributed by atoms with Crippen LogP contribution in [0.4, 0.5) is 0 Å². The van der Waals surface area contributed by atoms with Gasteiger partial charge in [-0.05, 0) is 19.5 Å². The van der Waals surface area contributed by atoms with Crippen LogP contribution in [0.25, 0.3) is 0 Å². The molecule has 1 aliphatic rings. The minimum Gasteiger partial charge on any atom is -0.496 e. The molecule has 1 heterocycles. The molecular formula is C11H21NO. The van der Waals surface area contributed by atoms with Crippen LogP contribution in [-0.4, -0.2) is 19.7 Å². The van der Waals surface area contributed by atoms with E-state index in [1.807, 2.05) is 7.05 Å². The summed E-state index contributed by atoms with van der Waals surface area (Å²) in [5, 5.41) is 3.31. The summed E-state index contributed by atoms with van der Waals surface area (Å²) in [6, 6.07) is 0.453. The number of nitrogens with one attached hydrogen (secondary N) is 1. The molecule has 1 unspecified atom stereocenters. The Morgan fingerprint density at radius 2 is 2.38 bits per heavy atom. The van der Waals surface area contributed by atoms with Crippen molar-refractivity contribution in [3.05, 3.63) is 11.8 Å². The number of rotatable bonds is 6. The first kappa shape index (κ1) is 10.6. The summed E-state index contributed by atoms with van der Waals surface area (Å²) in [4.78, 5) is 0. The minimum atomic E-state index is 0.453. The number of ether oxygens (including phenoxy) is 1. The van der Waals surface area contributed by atoms with Crippen molar-refractivity contribution in [2.24, 2.45) is 0 Å². The highest BCUT2D eigenvalue weighted by atomic mass is 16.5. The van der Waals surface area contributed by atoms with E-state index in [0.717, 1.165) is 13.0 Å². The van der Waals surface area contributed by atoms with Crippen LogP contribution in [0.5, 0.6) is 0 Å². The second-order valence-electron chi connectivity index (χ2n) is 3.58. The first-order chi connectivity index (χ1) is 6.38. The summed E-state index contributed by atoms with van der Waals surface area (Å²) in [6.07, 6.45) is 8.41. The molecule has 76 valence electrons. The third kappa shape index (κ3) is 3.39. The van der Waals surface area contributed by atoms with Gasteiger partial charge in [0.25, 0.3) is 0 Å². The number of hydrogen-bond acceptors (Lipinski definition) is 2. The first-order valence-electron chi connectivity index (χ1n) is 5.38. The molecule has 0 bridgehead atoms. The number of likely N-dealkylation sites (N-methyl/N-ethyl adjacent to an activating group) is 1. The predicted octanol–water partition coefficient (Wildman–Crippen LogP) is 2.46. The van der Waals surface area contributed by atoms with Gasteiger partial charge in [0, 0.05) is 6.42 Å². The molecule has 0 radical (unpaired) electrons. The van der Waals surface area contributed by atoms with Gasteiger partial charge in [-0.1, -0.05) is 26.2 Å². The lowest BCUT2D eigenvalue weighted by Crippen LogP contribution is -2.27. The maximum atomic E-state index is 5.54. The fourth-order valence-electron chi connectivity index (χ4n) is 1.71. The van der Waals surface area contributed by atoms with Crippen molar-refractivity contribution in [1.29, 1.82) is 0 Å². The molecule has 0 aromatic heterocycles. The van der Waals surface area contributed by atoms with E-state index < -0.39 is 0 Å².